The molecule has 3 aromatic rings. The van der Waals surface area contributed by atoms with Crippen molar-refractivity contribution in [3.8, 4) is 0 Å². The first-order valence-electron chi connectivity index (χ1n) is 7.43. The van der Waals surface area contributed by atoms with Gasteiger partial charge in [-0.15, -0.1) is 0 Å². The molecule has 0 saturated carbocycles. The van der Waals surface area contributed by atoms with Crippen LogP contribution in [0, 0.1) is 0 Å². The molecule has 6 heteroatoms. The molecule has 2 aromatic heterocycles. The van der Waals surface area contributed by atoms with Crippen LogP contribution in [0.15, 0.2) is 41.5 Å². The van der Waals surface area contributed by atoms with Crippen LogP contribution in [-0.4, -0.2) is 32.6 Å². The van der Waals surface area contributed by atoms with Gasteiger partial charge in [-0.3, -0.25) is 9.78 Å². The van der Waals surface area contributed by atoms with E-state index in [4.69, 9.17) is 0 Å². The van der Waals surface area contributed by atoms with E-state index < -0.39 is 0 Å². The number of nitrogens with one attached hydrogen (secondary N) is 1. The predicted molar refractivity (Wildman–Crippen MR) is 85.1 cm³/mol. The Labute approximate surface area is 127 Å². The summed E-state index contributed by atoms with van der Waals surface area (Å²) in [5, 5.41) is 0.631. The lowest BCUT2D eigenvalue weighted by Crippen LogP contribution is -2.25. The van der Waals surface area contributed by atoms with Crippen LogP contribution in [0.4, 0.5) is 5.95 Å². The topological polar surface area (TPSA) is 66.8 Å². The molecule has 4 rings (SSSR count). The monoisotopic (exact) mass is 295 g/mol. The Kier molecular flexibility index (Phi) is 2.96. The fourth-order valence-corrected chi connectivity index (χ4v) is 3.16. The number of H-pyrrole nitrogens is 1. The van der Waals surface area contributed by atoms with Gasteiger partial charge in [-0.1, -0.05) is 12.1 Å². The van der Waals surface area contributed by atoms with Crippen molar-refractivity contribution < 1.29 is 0 Å². The van der Waals surface area contributed by atoms with Crippen LogP contribution in [0.2, 0.25) is 0 Å². The largest absolute Gasteiger partial charge is 0.342 e. The molecule has 1 saturated heterocycles. The molecule has 0 radical (unpaired) electrons. The molecule has 1 unspecified atom stereocenters. The van der Waals surface area contributed by atoms with E-state index in [-0.39, 0.29) is 5.56 Å². The standard InChI is InChI=1S/C16H17N5O/c1-20-9-7-17-14(20)11-6-8-21(10-11)16-18-13-5-3-2-4-12(13)15(22)19-16/h2-5,7,9,11H,6,8,10H2,1H3,(H,18,19,22). The Balaban J connectivity index is 1.66. The molecule has 0 spiro atoms. The number of aromatic nitrogens is 4. The first-order valence-corrected chi connectivity index (χ1v) is 7.43. The highest BCUT2D eigenvalue weighted by atomic mass is 16.1. The summed E-state index contributed by atoms with van der Waals surface area (Å²) in [5.74, 6) is 2.11. The maximum atomic E-state index is 12.2. The summed E-state index contributed by atoms with van der Waals surface area (Å²) in [6.07, 6.45) is 4.81. The third-order valence-electron chi connectivity index (χ3n) is 4.31. The number of nitrogens with zero attached hydrogens (tertiary/aromatic N) is 4. The fraction of sp³-hybridized carbons (Fsp3) is 0.312. The van der Waals surface area contributed by atoms with Crippen LogP contribution in [-0.2, 0) is 7.05 Å². The molecule has 1 atom stereocenters. The predicted octanol–water partition coefficient (Wildman–Crippen LogP) is 1.65. The van der Waals surface area contributed by atoms with Crippen LogP contribution in [0.3, 0.4) is 0 Å². The minimum absolute atomic E-state index is 0.0824. The normalized spacial score (nSPS) is 18.2. The van der Waals surface area contributed by atoms with Gasteiger partial charge in [0.2, 0.25) is 5.95 Å². The molecule has 3 heterocycles. The number of fused-ring (bicyclic) bond motifs is 1. The molecular formula is C16H17N5O. The Morgan fingerprint density at radius 1 is 1.32 bits per heavy atom. The number of aromatic amines is 1. The first-order chi connectivity index (χ1) is 10.7. The molecule has 112 valence electrons. The number of hydrogen-bond donors (Lipinski definition) is 1. The van der Waals surface area contributed by atoms with E-state index in [1.807, 2.05) is 37.6 Å². The highest BCUT2D eigenvalue weighted by Gasteiger charge is 2.28. The van der Waals surface area contributed by atoms with Crippen molar-refractivity contribution in [1.82, 2.24) is 19.5 Å². The van der Waals surface area contributed by atoms with Gasteiger partial charge in [-0.25, -0.2) is 9.97 Å². The fourth-order valence-electron chi connectivity index (χ4n) is 3.16. The Bertz CT molecular complexity index is 881. The summed E-state index contributed by atoms with van der Waals surface area (Å²) < 4.78 is 2.06. The molecular weight excluding hydrogens is 278 g/mol. The van der Waals surface area contributed by atoms with E-state index >= 15 is 0 Å². The third-order valence-corrected chi connectivity index (χ3v) is 4.31. The maximum absolute atomic E-state index is 12.2. The lowest BCUT2D eigenvalue weighted by atomic mass is 10.1. The van der Waals surface area contributed by atoms with Gasteiger partial charge in [-0.05, 0) is 18.6 Å². The quantitative estimate of drug-likeness (QED) is 0.780. The lowest BCUT2D eigenvalue weighted by Gasteiger charge is -2.17. The third kappa shape index (κ3) is 2.07. The number of hydrogen-bond acceptors (Lipinski definition) is 4. The van der Waals surface area contributed by atoms with E-state index in [9.17, 15) is 4.79 Å². The maximum Gasteiger partial charge on any atom is 0.260 e. The molecule has 0 amide bonds. The van der Waals surface area contributed by atoms with Gasteiger partial charge in [0.25, 0.3) is 5.56 Å². The Morgan fingerprint density at radius 3 is 3.00 bits per heavy atom. The summed E-state index contributed by atoms with van der Waals surface area (Å²) in [4.78, 5) is 26.3. The molecule has 0 bridgehead atoms. The summed E-state index contributed by atoms with van der Waals surface area (Å²) in [6, 6.07) is 7.43. The summed E-state index contributed by atoms with van der Waals surface area (Å²) in [5.41, 5.74) is 0.655. The molecule has 1 fully saturated rings. The average molecular weight is 295 g/mol. The summed E-state index contributed by atoms with van der Waals surface area (Å²) in [6.45, 7) is 1.70. The average Bonchev–Trinajstić information content (AvgIpc) is 3.16. The molecule has 6 nitrogen and oxygen atoms in total. The number of rotatable bonds is 2. The van der Waals surface area contributed by atoms with Gasteiger partial charge in [0.15, 0.2) is 0 Å². The van der Waals surface area contributed by atoms with Crippen LogP contribution >= 0.6 is 0 Å². The lowest BCUT2D eigenvalue weighted by molar-refractivity contribution is 0.664. The second-order valence-electron chi connectivity index (χ2n) is 5.73. The van der Waals surface area contributed by atoms with Gasteiger partial charge in [0.05, 0.1) is 10.9 Å². The zero-order valence-electron chi connectivity index (χ0n) is 12.4. The van der Waals surface area contributed by atoms with E-state index in [0.717, 1.165) is 30.9 Å². The van der Waals surface area contributed by atoms with E-state index in [1.165, 1.54) is 0 Å². The van der Waals surface area contributed by atoms with Crippen molar-refractivity contribution in [3.63, 3.8) is 0 Å². The van der Waals surface area contributed by atoms with Crippen molar-refractivity contribution in [2.45, 2.75) is 12.3 Å². The Morgan fingerprint density at radius 2 is 2.18 bits per heavy atom. The van der Waals surface area contributed by atoms with Gasteiger partial charge in [0, 0.05) is 38.4 Å². The smallest absolute Gasteiger partial charge is 0.260 e. The number of benzene rings is 1. The molecule has 1 N–H and O–H groups in total. The molecule has 1 aliphatic heterocycles. The molecule has 22 heavy (non-hydrogen) atoms. The van der Waals surface area contributed by atoms with Gasteiger partial charge >= 0.3 is 0 Å². The van der Waals surface area contributed by atoms with Gasteiger partial charge in [-0.2, -0.15) is 0 Å². The van der Waals surface area contributed by atoms with Crippen molar-refractivity contribution in [2.75, 3.05) is 18.0 Å². The van der Waals surface area contributed by atoms with Crippen molar-refractivity contribution in [2.24, 2.45) is 7.05 Å². The Hall–Kier alpha value is -2.63. The molecule has 1 aliphatic rings. The van der Waals surface area contributed by atoms with E-state index in [1.54, 1.807) is 6.07 Å². The van der Waals surface area contributed by atoms with E-state index in [2.05, 4.69) is 24.4 Å². The zero-order valence-corrected chi connectivity index (χ0v) is 12.4. The van der Waals surface area contributed by atoms with Crippen LogP contribution in [0.5, 0.6) is 0 Å². The van der Waals surface area contributed by atoms with Gasteiger partial charge in [0.1, 0.15) is 5.82 Å². The first kappa shape index (κ1) is 13.1. The highest BCUT2D eigenvalue weighted by Crippen LogP contribution is 2.28. The summed E-state index contributed by atoms with van der Waals surface area (Å²) >= 11 is 0. The highest BCUT2D eigenvalue weighted by molar-refractivity contribution is 5.78. The van der Waals surface area contributed by atoms with Crippen molar-refractivity contribution >= 4 is 16.9 Å². The minimum Gasteiger partial charge on any atom is -0.342 e. The second kappa shape index (κ2) is 4.98. The zero-order chi connectivity index (χ0) is 15.1. The number of aryl methyl sites for hydroxylation is 1. The minimum atomic E-state index is -0.0824. The summed E-state index contributed by atoms with van der Waals surface area (Å²) in [7, 11) is 2.02. The number of anilines is 1. The SMILES string of the molecule is Cn1ccnc1C1CCN(c2nc3ccccc3c(=O)[nH]2)C1. The second-order valence-corrected chi connectivity index (χ2v) is 5.73. The number of para-hydroxylation sites is 1. The van der Waals surface area contributed by atoms with Crippen LogP contribution in [0.25, 0.3) is 10.9 Å². The van der Waals surface area contributed by atoms with Crippen molar-refractivity contribution in [1.29, 1.82) is 0 Å². The van der Waals surface area contributed by atoms with E-state index in [0.29, 0.717) is 17.3 Å². The molecule has 0 aliphatic carbocycles. The van der Waals surface area contributed by atoms with Gasteiger partial charge < -0.3 is 9.47 Å². The number of imidazole rings is 1. The van der Waals surface area contributed by atoms with Crippen LogP contribution < -0.4 is 10.5 Å². The molecule has 1 aromatic carbocycles. The van der Waals surface area contributed by atoms with Crippen molar-refractivity contribution in [3.05, 3.63) is 52.8 Å². The van der Waals surface area contributed by atoms with Crippen LogP contribution in [0.1, 0.15) is 18.2 Å².